The molecule has 3 rings (SSSR count). The van der Waals surface area contributed by atoms with Gasteiger partial charge in [0.1, 0.15) is 24.2 Å². The molecule has 23 nitrogen and oxygen atoms in total. The second-order valence-electron chi connectivity index (χ2n) is 13.7. The number of nitrogens with two attached hydrogens (primary N) is 1. The van der Waals surface area contributed by atoms with E-state index in [1.165, 1.54) is 12.1 Å². The molecule has 0 radical (unpaired) electrons. The van der Waals surface area contributed by atoms with Crippen molar-refractivity contribution in [2.45, 2.75) is 82.1 Å². The van der Waals surface area contributed by atoms with Crippen LogP contribution >= 0.6 is 0 Å². The maximum absolute atomic E-state index is 13.0. The Morgan fingerprint density at radius 1 is 0.677 bits per heavy atom. The Balaban J connectivity index is 1.52. The monoisotopic (exact) mass is 864 g/mol. The van der Waals surface area contributed by atoms with Crippen molar-refractivity contribution in [2.75, 3.05) is 17.2 Å². The highest BCUT2D eigenvalue weighted by molar-refractivity contribution is 5.97. The lowest BCUT2D eigenvalue weighted by molar-refractivity contribution is -0.144. The highest BCUT2D eigenvalue weighted by Gasteiger charge is 2.27. The smallest absolute Gasteiger partial charge is 0.326 e. The lowest BCUT2D eigenvalue weighted by Crippen LogP contribution is -2.45. The predicted octanol–water partition coefficient (Wildman–Crippen LogP) is -0.758. The molecule has 0 aliphatic carbocycles. The normalized spacial score (nSPS) is 12.6. The number of anilines is 2. The van der Waals surface area contributed by atoms with Crippen LogP contribution in [-0.4, -0.2) is 120 Å². The van der Waals surface area contributed by atoms with E-state index in [9.17, 15) is 68.4 Å². The molecule has 23 heteroatoms. The number of aromatic nitrogens is 2. The molecule has 330 valence electrons. The number of hydrogen-bond donors (Lipinski definition) is 11. The van der Waals surface area contributed by atoms with Crippen LogP contribution in [0.15, 0.2) is 47.3 Å². The van der Waals surface area contributed by atoms with Crippen LogP contribution in [-0.2, 0) is 44.9 Å². The van der Waals surface area contributed by atoms with Crippen LogP contribution in [0.25, 0.3) is 10.9 Å². The van der Waals surface area contributed by atoms with E-state index >= 15 is 0 Å². The minimum absolute atomic E-state index is 0.0238. The van der Waals surface area contributed by atoms with E-state index in [0.717, 1.165) is 5.56 Å². The standard InChI is InChI=1S/C39H44N8O15/c1-2-17-47(19-20-3-8-24-23(18-20)34(54)46-39(40)45-24)22-6-4-21(5-7-22)33(53)44-28(38(61)62)11-15-31(50)42-26(36(57)58)9-13-29(48)41-25(35(55)56)10-14-30(49)43-27(37(59)60)12-16-32(51)52/h1,3-8,18,25-28H,9-17,19H2,(H,41,48)(H,42,50)(H,43,49)(H,44,53)(H,51,52)(H,55,56)(H,57,58)(H,59,60)(H,61,62)(H3,40,45,46,54)/t25-,26-,27+,28-/m0/s1. The number of aromatic amines is 1. The van der Waals surface area contributed by atoms with Crippen LogP contribution in [0.5, 0.6) is 0 Å². The molecule has 1 heterocycles. The number of nitrogens with zero attached hydrogens (tertiary/aromatic N) is 2. The van der Waals surface area contributed by atoms with Crippen molar-refractivity contribution in [1.29, 1.82) is 0 Å². The predicted molar refractivity (Wildman–Crippen MR) is 215 cm³/mol. The van der Waals surface area contributed by atoms with Crippen LogP contribution in [0, 0.1) is 12.3 Å². The lowest BCUT2D eigenvalue weighted by atomic mass is 10.1. The first-order valence-electron chi connectivity index (χ1n) is 18.7. The number of terminal acetylenes is 1. The molecule has 1 aromatic heterocycles. The van der Waals surface area contributed by atoms with Gasteiger partial charge in [-0.05, 0) is 67.6 Å². The SMILES string of the molecule is C#CCN(Cc1ccc2nc(N)[nH]c(=O)c2c1)c1ccc(C(=O)N[C@@H](CCC(=O)N[C@@H](CCC(=O)N[C@@H](CCC(=O)N[C@H](CCC(=O)O)C(=O)O)C(=O)O)C(=O)O)C(=O)O)cc1. The van der Waals surface area contributed by atoms with Gasteiger partial charge < -0.3 is 57.4 Å². The van der Waals surface area contributed by atoms with Crippen molar-refractivity contribution in [3.63, 3.8) is 0 Å². The van der Waals surface area contributed by atoms with E-state index in [1.54, 1.807) is 35.2 Å². The number of hydrogen-bond acceptors (Lipinski definition) is 13. The third-order valence-electron chi connectivity index (χ3n) is 9.07. The van der Waals surface area contributed by atoms with Gasteiger partial charge in [-0.1, -0.05) is 12.0 Å². The fourth-order valence-electron chi connectivity index (χ4n) is 5.86. The van der Waals surface area contributed by atoms with E-state index in [0.29, 0.717) is 16.6 Å². The Morgan fingerprint density at radius 3 is 1.56 bits per heavy atom. The molecule has 0 saturated heterocycles. The summed E-state index contributed by atoms with van der Waals surface area (Å²) >= 11 is 0. The summed E-state index contributed by atoms with van der Waals surface area (Å²) in [4.78, 5) is 129. The first kappa shape index (κ1) is 48.3. The third kappa shape index (κ3) is 15.3. The maximum atomic E-state index is 13.0. The van der Waals surface area contributed by atoms with Gasteiger partial charge in [0, 0.05) is 43.5 Å². The van der Waals surface area contributed by atoms with Crippen LogP contribution in [0.2, 0.25) is 0 Å². The number of amides is 4. The number of fused-ring (bicyclic) bond motifs is 1. The zero-order chi connectivity index (χ0) is 46.1. The second kappa shape index (κ2) is 22.9. The number of rotatable bonds is 25. The van der Waals surface area contributed by atoms with Gasteiger partial charge in [-0.3, -0.25) is 33.8 Å². The Labute approximate surface area is 351 Å². The van der Waals surface area contributed by atoms with E-state index in [1.807, 2.05) is 0 Å². The Kier molecular flexibility index (Phi) is 17.9. The van der Waals surface area contributed by atoms with Gasteiger partial charge in [0.25, 0.3) is 11.5 Å². The molecule has 0 aliphatic rings. The number of nitrogens with one attached hydrogen (secondary N) is 5. The highest BCUT2D eigenvalue weighted by Crippen LogP contribution is 2.20. The summed E-state index contributed by atoms with van der Waals surface area (Å²) in [5, 5.41) is 55.7. The van der Waals surface area contributed by atoms with Crippen LogP contribution < -0.4 is 37.5 Å². The van der Waals surface area contributed by atoms with E-state index in [-0.39, 0.29) is 24.6 Å². The molecule has 2 aromatic carbocycles. The summed E-state index contributed by atoms with van der Waals surface area (Å²) in [5.74, 6) is -8.57. The number of carboxylic acid groups (broad SMARTS) is 5. The minimum atomic E-state index is -1.67. The zero-order valence-corrected chi connectivity index (χ0v) is 32.8. The number of carbonyl (C=O) groups excluding carboxylic acids is 4. The molecule has 0 aliphatic heterocycles. The van der Waals surface area contributed by atoms with Gasteiger partial charge in [-0.15, -0.1) is 6.42 Å². The van der Waals surface area contributed by atoms with Gasteiger partial charge >= 0.3 is 29.8 Å². The maximum Gasteiger partial charge on any atom is 0.326 e. The molecule has 0 spiro atoms. The Morgan fingerprint density at radius 2 is 1.13 bits per heavy atom. The van der Waals surface area contributed by atoms with Crippen molar-refractivity contribution >= 4 is 76.0 Å². The van der Waals surface area contributed by atoms with Crippen molar-refractivity contribution < 1.29 is 68.7 Å². The van der Waals surface area contributed by atoms with Gasteiger partial charge in [0.2, 0.25) is 23.7 Å². The molecule has 0 fully saturated rings. The summed E-state index contributed by atoms with van der Waals surface area (Å²) in [7, 11) is 0. The van der Waals surface area contributed by atoms with Crippen molar-refractivity contribution in [3.8, 4) is 12.3 Å². The summed E-state index contributed by atoms with van der Waals surface area (Å²) in [6.45, 7) is 0.409. The molecule has 3 aromatic rings. The van der Waals surface area contributed by atoms with Gasteiger partial charge in [0.15, 0.2) is 0 Å². The number of aliphatic carboxylic acids is 5. The molecule has 0 saturated carbocycles. The highest BCUT2D eigenvalue weighted by atomic mass is 16.4. The van der Waals surface area contributed by atoms with Gasteiger partial charge in [-0.25, -0.2) is 24.2 Å². The quantitative estimate of drug-likeness (QED) is 0.0466. The number of carbonyl (C=O) groups is 9. The summed E-state index contributed by atoms with van der Waals surface area (Å²) in [6, 6.07) is 4.56. The van der Waals surface area contributed by atoms with Crippen LogP contribution in [0.4, 0.5) is 11.6 Å². The molecule has 0 unspecified atom stereocenters. The molecular formula is C39H44N8O15. The molecule has 62 heavy (non-hydrogen) atoms. The molecule has 0 bridgehead atoms. The minimum Gasteiger partial charge on any atom is -0.481 e. The molecule has 4 atom stereocenters. The second-order valence-corrected chi connectivity index (χ2v) is 13.7. The van der Waals surface area contributed by atoms with Crippen molar-refractivity contribution in [1.82, 2.24) is 31.2 Å². The number of nitrogen functional groups attached to an aromatic ring is 1. The zero-order valence-electron chi connectivity index (χ0n) is 32.8. The first-order chi connectivity index (χ1) is 29.3. The fraction of sp³-hybridized carbons (Fsp3) is 0.359. The van der Waals surface area contributed by atoms with Gasteiger partial charge in [0.05, 0.1) is 17.4 Å². The largest absolute Gasteiger partial charge is 0.481 e. The van der Waals surface area contributed by atoms with Crippen molar-refractivity contribution in [3.05, 3.63) is 63.9 Å². The lowest BCUT2D eigenvalue weighted by Gasteiger charge is -2.23. The third-order valence-corrected chi connectivity index (χ3v) is 9.07. The molecular weight excluding hydrogens is 820 g/mol. The Hall–Kier alpha value is -8.03. The first-order valence-corrected chi connectivity index (χ1v) is 18.7. The van der Waals surface area contributed by atoms with E-state index in [2.05, 4.69) is 37.2 Å². The molecule has 12 N–H and O–H groups in total. The Bertz CT molecular complexity index is 2290. The summed E-state index contributed by atoms with van der Waals surface area (Å²) < 4.78 is 0. The summed E-state index contributed by atoms with van der Waals surface area (Å²) in [5.41, 5.74) is 6.97. The molecule has 4 amide bonds. The fourth-order valence-corrected chi connectivity index (χ4v) is 5.86. The average Bonchev–Trinajstić information content (AvgIpc) is 3.20. The van der Waals surface area contributed by atoms with Crippen LogP contribution in [0.1, 0.15) is 67.3 Å². The van der Waals surface area contributed by atoms with E-state index in [4.69, 9.17) is 17.3 Å². The van der Waals surface area contributed by atoms with Gasteiger partial charge in [-0.2, -0.15) is 0 Å². The summed E-state index contributed by atoms with van der Waals surface area (Å²) in [6.07, 6.45) is 1.31. The van der Waals surface area contributed by atoms with Crippen molar-refractivity contribution in [2.24, 2.45) is 0 Å². The van der Waals surface area contributed by atoms with Crippen LogP contribution in [0.3, 0.4) is 0 Å². The number of benzene rings is 2. The van der Waals surface area contributed by atoms with E-state index < -0.39 is 135 Å². The number of H-pyrrole nitrogens is 1. The average molecular weight is 865 g/mol. The topological polar surface area (TPSA) is 378 Å². The number of carboxylic acids is 5.